The zero-order valence-corrected chi connectivity index (χ0v) is 14.8. The standard InChI is InChI=1S/C19H23NO4/c1-11-6-7-13(24-5)12(10-11)20-16(23)19-9-8-18(4,17(19,2)3)14(21)15(19)22/h6-7,10H,8-9H2,1-5H3,(H,20,23)/t18-,19+/m1/s1. The van der Waals surface area contributed by atoms with Gasteiger partial charge in [-0.05, 0) is 42.9 Å². The summed E-state index contributed by atoms with van der Waals surface area (Å²) in [5.74, 6) is -0.841. The predicted molar refractivity (Wildman–Crippen MR) is 89.9 cm³/mol. The number of ketones is 2. The number of anilines is 1. The summed E-state index contributed by atoms with van der Waals surface area (Å²) in [6.45, 7) is 7.43. The van der Waals surface area contributed by atoms with Crippen molar-refractivity contribution in [1.82, 2.24) is 0 Å². The molecule has 128 valence electrons. The van der Waals surface area contributed by atoms with Crippen LogP contribution in [0, 0.1) is 23.2 Å². The van der Waals surface area contributed by atoms with E-state index < -0.39 is 33.7 Å². The number of ether oxygens (including phenoxy) is 1. The molecule has 1 amide bonds. The van der Waals surface area contributed by atoms with Crippen molar-refractivity contribution in [3.8, 4) is 5.75 Å². The highest BCUT2D eigenvalue weighted by Gasteiger charge is 2.77. The van der Waals surface area contributed by atoms with Gasteiger partial charge in [0.25, 0.3) is 0 Å². The average Bonchev–Trinajstić information content (AvgIpc) is 2.79. The number of amides is 1. The Bertz CT molecular complexity index is 767. The smallest absolute Gasteiger partial charge is 0.239 e. The van der Waals surface area contributed by atoms with Gasteiger partial charge in [-0.3, -0.25) is 14.4 Å². The maximum atomic E-state index is 13.1. The summed E-state index contributed by atoms with van der Waals surface area (Å²) in [4.78, 5) is 38.4. The highest BCUT2D eigenvalue weighted by molar-refractivity contribution is 6.49. The summed E-state index contributed by atoms with van der Waals surface area (Å²) in [6.07, 6.45) is 0.962. The highest BCUT2D eigenvalue weighted by atomic mass is 16.5. The molecule has 0 saturated heterocycles. The number of nitrogens with one attached hydrogen (secondary N) is 1. The molecule has 1 aromatic carbocycles. The van der Waals surface area contributed by atoms with Gasteiger partial charge < -0.3 is 10.1 Å². The molecule has 0 unspecified atom stereocenters. The molecule has 3 rings (SSSR count). The molecule has 2 aliphatic rings. The van der Waals surface area contributed by atoms with Crippen LogP contribution in [0.1, 0.15) is 39.2 Å². The summed E-state index contributed by atoms with van der Waals surface area (Å²) < 4.78 is 5.29. The first-order valence-corrected chi connectivity index (χ1v) is 8.17. The Labute approximate surface area is 141 Å². The van der Waals surface area contributed by atoms with E-state index in [1.807, 2.05) is 33.8 Å². The Morgan fingerprint density at radius 3 is 2.33 bits per heavy atom. The number of hydrogen-bond donors (Lipinski definition) is 1. The van der Waals surface area contributed by atoms with Crippen LogP contribution in [0.5, 0.6) is 5.75 Å². The number of carbonyl (C=O) groups excluding carboxylic acids is 3. The Hall–Kier alpha value is -2.17. The molecule has 2 aliphatic carbocycles. The van der Waals surface area contributed by atoms with Crippen LogP contribution >= 0.6 is 0 Å². The lowest BCUT2D eigenvalue weighted by molar-refractivity contribution is -0.147. The molecule has 1 N–H and O–H groups in total. The minimum Gasteiger partial charge on any atom is -0.495 e. The van der Waals surface area contributed by atoms with Crippen molar-refractivity contribution >= 4 is 23.2 Å². The molecule has 2 atom stereocenters. The lowest BCUT2D eigenvalue weighted by atomic mass is 9.64. The van der Waals surface area contributed by atoms with Gasteiger partial charge in [-0.25, -0.2) is 0 Å². The number of benzene rings is 1. The molecule has 0 radical (unpaired) electrons. The lowest BCUT2D eigenvalue weighted by Crippen LogP contribution is -2.47. The number of rotatable bonds is 3. The highest BCUT2D eigenvalue weighted by Crippen LogP contribution is 2.69. The third kappa shape index (κ3) is 1.73. The lowest BCUT2D eigenvalue weighted by Gasteiger charge is -2.37. The minimum atomic E-state index is -1.30. The van der Waals surface area contributed by atoms with Crippen LogP contribution in [-0.4, -0.2) is 24.6 Å². The maximum Gasteiger partial charge on any atom is 0.239 e. The summed E-state index contributed by atoms with van der Waals surface area (Å²) in [5.41, 5.74) is -1.29. The number of methoxy groups -OCH3 is 1. The summed E-state index contributed by atoms with van der Waals surface area (Å²) in [5, 5.41) is 2.85. The minimum absolute atomic E-state index is 0.404. The number of fused-ring (bicyclic) bond motifs is 2. The fourth-order valence-electron chi connectivity index (χ4n) is 4.42. The largest absolute Gasteiger partial charge is 0.495 e. The molecule has 2 saturated carbocycles. The van der Waals surface area contributed by atoms with Crippen molar-refractivity contribution in [3.05, 3.63) is 23.8 Å². The van der Waals surface area contributed by atoms with Gasteiger partial charge in [0.15, 0.2) is 0 Å². The van der Waals surface area contributed by atoms with Gasteiger partial charge in [0, 0.05) is 5.41 Å². The average molecular weight is 329 g/mol. The van der Waals surface area contributed by atoms with Crippen molar-refractivity contribution in [3.63, 3.8) is 0 Å². The molecule has 0 aliphatic heterocycles. The van der Waals surface area contributed by atoms with Crippen molar-refractivity contribution < 1.29 is 19.1 Å². The van der Waals surface area contributed by atoms with Crippen LogP contribution in [0.15, 0.2) is 18.2 Å². The van der Waals surface area contributed by atoms with Crippen LogP contribution in [-0.2, 0) is 14.4 Å². The van der Waals surface area contributed by atoms with Crippen LogP contribution in [0.2, 0.25) is 0 Å². The predicted octanol–water partition coefficient (Wildman–Crippen LogP) is 2.91. The number of aryl methyl sites for hydroxylation is 1. The topological polar surface area (TPSA) is 72.5 Å². The monoisotopic (exact) mass is 329 g/mol. The fourth-order valence-corrected chi connectivity index (χ4v) is 4.42. The van der Waals surface area contributed by atoms with E-state index in [-0.39, 0.29) is 0 Å². The zero-order chi connectivity index (χ0) is 17.9. The van der Waals surface area contributed by atoms with Crippen LogP contribution in [0.25, 0.3) is 0 Å². The first-order chi connectivity index (χ1) is 11.1. The van der Waals surface area contributed by atoms with E-state index in [0.29, 0.717) is 24.3 Å². The molecule has 24 heavy (non-hydrogen) atoms. The normalized spacial score (nSPS) is 30.5. The van der Waals surface area contributed by atoms with E-state index in [9.17, 15) is 14.4 Å². The van der Waals surface area contributed by atoms with Gasteiger partial charge in [0.2, 0.25) is 17.5 Å². The van der Waals surface area contributed by atoms with Crippen molar-refractivity contribution in [2.45, 2.75) is 40.5 Å². The molecule has 0 aromatic heterocycles. The van der Waals surface area contributed by atoms with Crippen molar-refractivity contribution in [2.24, 2.45) is 16.2 Å². The second-order valence-electron chi connectivity index (χ2n) is 7.68. The molecule has 5 nitrogen and oxygen atoms in total. The van der Waals surface area contributed by atoms with Crippen LogP contribution < -0.4 is 10.1 Å². The van der Waals surface area contributed by atoms with E-state index >= 15 is 0 Å². The molecule has 2 fully saturated rings. The Morgan fingerprint density at radius 2 is 1.79 bits per heavy atom. The van der Waals surface area contributed by atoms with Crippen molar-refractivity contribution in [1.29, 1.82) is 0 Å². The second kappa shape index (κ2) is 4.91. The SMILES string of the molecule is COc1ccc(C)cc1NC(=O)[C@]12CC[C@](C)(C(=O)C1=O)C2(C)C. The summed E-state index contributed by atoms with van der Waals surface area (Å²) in [6, 6.07) is 5.46. The first kappa shape index (κ1) is 16.7. The van der Waals surface area contributed by atoms with Gasteiger partial charge in [-0.1, -0.05) is 26.8 Å². The molecule has 5 heteroatoms. The van der Waals surface area contributed by atoms with Crippen molar-refractivity contribution in [2.75, 3.05) is 12.4 Å². The van der Waals surface area contributed by atoms with E-state index in [1.54, 1.807) is 12.1 Å². The van der Waals surface area contributed by atoms with Gasteiger partial charge in [-0.2, -0.15) is 0 Å². The maximum absolute atomic E-state index is 13.1. The zero-order valence-electron chi connectivity index (χ0n) is 14.8. The third-order valence-corrected chi connectivity index (χ3v) is 6.53. The van der Waals surface area contributed by atoms with Gasteiger partial charge in [0.1, 0.15) is 11.2 Å². The fraction of sp³-hybridized carbons (Fsp3) is 0.526. The van der Waals surface area contributed by atoms with Gasteiger partial charge in [-0.15, -0.1) is 0 Å². The second-order valence-corrected chi connectivity index (χ2v) is 7.68. The number of carbonyl (C=O) groups is 3. The van der Waals surface area contributed by atoms with Gasteiger partial charge in [0.05, 0.1) is 12.8 Å². The van der Waals surface area contributed by atoms with Crippen LogP contribution in [0.4, 0.5) is 5.69 Å². The Balaban J connectivity index is 2.03. The van der Waals surface area contributed by atoms with E-state index in [2.05, 4.69) is 5.32 Å². The molecule has 2 bridgehead atoms. The van der Waals surface area contributed by atoms with E-state index in [1.165, 1.54) is 7.11 Å². The molecule has 1 aromatic rings. The Morgan fingerprint density at radius 1 is 1.12 bits per heavy atom. The van der Waals surface area contributed by atoms with Crippen LogP contribution in [0.3, 0.4) is 0 Å². The van der Waals surface area contributed by atoms with E-state index in [4.69, 9.17) is 4.74 Å². The number of Topliss-reactive ketones (excluding diaryl/α,β-unsaturated/α-hetero) is 2. The first-order valence-electron chi connectivity index (χ1n) is 8.17. The molecule has 0 heterocycles. The Kier molecular flexibility index (Phi) is 3.41. The summed E-state index contributed by atoms with van der Waals surface area (Å²) >= 11 is 0. The summed E-state index contributed by atoms with van der Waals surface area (Å²) in [7, 11) is 1.53. The molecular weight excluding hydrogens is 306 g/mol. The quantitative estimate of drug-likeness (QED) is 0.683. The number of hydrogen-bond acceptors (Lipinski definition) is 4. The molecular formula is C19H23NO4. The van der Waals surface area contributed by atoms with Gasteiger partial charge >= 0.3 is 0 Å². The van der Waals surface area contributed by atoms with E-state index in [0.717, 1.165) is 5.56 Å². The molecule has 0 spiro atoms. The third-order valence-electron chi connectivity index (χ3n) is 6.53.